The van der Waals surface area contributed by atoms with Gasteiger partial charge in [-0.25, -0.2) is 0 Å². The van der Waals surface area contributed by atoms with Crippen molar-refractivity contribution in [3.63, 3.8) is 0 Å². The first-order valence-electron chi connectivity index (χ1n) is 4.64. The molecule has 0 atom stereocenters. The highest BCUT2D eigenvalue weighted by molar-refractivity contribution is 6.30. The van der Waals surface area contributed by atoms with Gasteiger partial charge in [0.05, 0.1) is 7.11 Å². The van der Waals surface area contributed by atoms with Crippen LogP contribution in [0.2, 0.25) is 5.02 Å². The molecule has 0 spiro atoms. The third kappa shape index (κ3) is 1.66. The van der Waals surface area contributed by atoms with Gasteiger partial charge in [0.25, 0.3) is 0 Å². The Morgan fingerprint density at radius 1 is 1.38 bits per heavy atom. The lowest BCUT2D eigenvalue weighted by atomic mass is 9.80. The zero-order chi connectivity index (χ0) is 9.26. The maximum Gasteiger partial charge on any atom is 0.123 e. The van der Waals surface area contributed by atoms with Crippen LogP contribution in [0.3, 0.4) is 0 Å². The summed E-state index contributed by atoms with van der Waals surface area (Å²) in [5.41, 5.74) is 1.32. The molecule has 13 heavy (non-hydrogen) atoms. The number of halogens is 1. The number of methoxy groups -OCH3 is 1. The van der Waals surface area contributed by atoms with Crippen LogP contribution in [0, 0.1) is 0 Å². The van der Waals surface area contributed by atoms with E-state index in [-0.39, 0.29) is 0 Å². The van der Waals surface area contributed by atoms with Crippen molar-refractivity contribution in [2.75, 3.05) is 7.11 Å². The van der Waals surface area contributed by atoms with Gasteiger partial charge in [-0.1, -0.05) is 24.1 Å². The molecule has 1 aromatic carbocycles. The van der Waals surface area contributed by atoms with Crippen LogP contribution in [0.15, 0.2) is 18.2 Å². The molecule has 1 aromatic rings. The van der Waals surface area contributed by atoms with Gasteiger partial charge in [-0.15, -0.1) is 0 Å². The van der Waals surface area contributed by atoms with Crippen LogP contribution in [0.4, 0.5) is 0 Å². The topological polar surface area (TPSA) is 9.23 Å². The molecule has 0 saturated heterocycles. The summed E-state index contributed by atoms with van der Waals surface area (Å²) in [4.78, 5) is 0. The van der Waals surface area contributed by atoms with E-state index in [1.54, 1.807) is 7.11 Å². The third-order valence-electron chi connectivity index (χ3n) is 2.74. The van der Waals surface area contributed by atoms with Crippen molar-refractivity contribution in [1.82, 2.24) is 0 Å². The van der Waals surface area contributed by atoms with Gasteiger partial charge in [0.2, 0.25) is 0 Å². The standard InChI is InChI=1S/C11H13ClO/c1-13-11-7-9(12)5-6-10(11)8-3-2-4-8/h5-8H,2-4H2,1H3. The first-order valence-corrected chi connectivity index (χ1v) is 5.02. The number of ether oxygens (including phenoxy) is 1. The fourth-order valence-electron chi connectivity index (χ4n) is 1.74. The summed E-state index contributed by atoms with van der Waals surface area (Å²) in [6.45, 7) is 0. The van der Waals surface area contributed by atoms with E-state index in [2.05, 4.69) is 6.07 Å². The average molecular weight is 197 g/mol. The van der Waals surface area contributed by atoms with Gasteiger partial charge in [-0.05, 0) is 36.5 Å². The molecule has 1 nitrogen and oxygen atoms in total. The predicted molar refractivity (Wildman–Crippen MR) is 54.6 cm³/mol. The minimum Gasteiger partial charge on any atom is -0.496 e. The quantitative estimate of drug-likeness (QED) is 0.702. The Morgan fingerprint density at radius 2 is 2.15 bits per heavy atom. The van der Waals surface area contributed by atoms with Gasteiger partial charge < -0.3 is 4.74 Å². The highest BCUT2D eigenvalue weighted by Gasteiger charge is 2.22. The normalized spacial score (nSPS) is 16.8. The smallest absolute Gasteiger partial charge is 0.123 e. The van der Waals surface area contributed by atoms with Crippen LogP contribution >= 0.6 is 11.6 Å². The summed E-state index contributed by atoms with van der Waals surface area (Å²) in [6.07, 6.45) is 3.92. The van der Waals surface area contributed by atoms with Crippen molar-refractivity contribution >= 4 is 11.6 Å². The van der Waals surface area contributed by atoms with E-state index in [4.69, 9.17) is 16.3 Å². The first-order chi connectivity index (χ1) is 6.31. The lowest BCUT2D eigenvalue weighted by Gasteiger charge is -2.27. The van der Waals surface area contributed by atoms with Crippen LogP contribution < -0.4 is 4.74 Å². The molecule has 0 N–H and O–H groups in total. The van der Waals surface area contributed by atoms with Gasteiger partial charge in [0.15, 0.2) is 0 Å². The van der Waals surface area contributed by atoms with E-state index in [0.29, 0.717) is 5.92 Å². The van der Waals surface area contributed by atoms with Crippen LogP contribution in [0.1, 0.15) is 30.7 Å². The molecule has 1 fully saturated rings. The Labute approximate surface area is 83.7 Å². The maximum absolute atomic E-state index is 5.88. The summed E-state index contributed by atoms with van der Waals surface area (Å²) >= 11 is 5.88. The van der Waals surface area contributed by atoms with E-state index in [1.165, 1.54) is 24.8 Å². The minimum absolute atomic E-state index is 0.701. The second kappa shape index (κ2) is 3.59. The van der Waals surface area contributed by atoms with Crippen molar-refractivity contribution in [3.05, 3.63) is 28.8 Å². The van der Waals surface area contributed by atoms with Gasteiger partial charge in [-0.2, -0.15) is 0 Å². The Kier molecular flexibility index (Phi) is 2.45. The Bertz CT molecular complexity index is 305. The van der Waals surface area contributed by atoms with E-state index < -0.39 is 0 Å². The molecule has 0 heterocycles. The van der Waals surface area contributed by atoms with Crippen LogP contribution in [-0.2, 0) is 0 Å². The van der Waals surface area contributed by atoms with Gasteiger partial charge in [-0.3, -0.25) is 0 Å². The van der Waals surface area contributed by atoms with E-state index in [1.807, 2.05) is 12.1 Å². The molecule has 0 unspecified atom stereocenters. The largest absolute Gasteiger partial charge is 0.496 e. The molecule has 0 radical (unpaired) electrons. The number of hydrogen-bond donors (Lipinski definition) is 0. The van der Waals surface area contributed by atoms with E-state index >= 15 is 0 Å². The molecule has 1 aliphatic rings. The molecule has 0 bridgehead atoms. The Hall–Kier alpha value is -0.690. The van der Waals surface area contributed by atoms with Crippen molar-refractivity contribution in [1.29, 1.82) is 0 Å². The summed E-state index contributed by atoms with van der Waals surface area (Å²) in [5.74, 6) is 1.64. The molecular weight excluding hydrogens is 184 g/mol. The SMILES string of the molecule is COc1cc(Cl)ccc1C1CCC1. The monoisotopic (exact) mass is 196 g/mol. The molecule has 0 aliphatic heterocycles. The zero-order valence-corrected chi connectivity index (χ0v) is 8.47. The molecule has 2 rings (SSSR count). The summed E-state index contributed by atoms with van der Waals surface area (Å²) < 4.78 is 5.30. The average Bonchev–Trinajstić information content (AvgIpc) is 2.05. The minimum atomic E-state index is 0.701. The molecule has 0 amide bonds. The summed E-state index contributed by atoms with van der Waals surface area (Å²) in [7, 11) is 1.70. The third-order valence-corrected chi connectivity index (χ3v) is 2.98. The molecule has 70 valence electrons. The van der Waals surface area contributed by atoms with Crippen molar-refractivity contribution in [2.24, 2.45) is 0 Å². The second-order valence-corrected chi connectivity index (χ2v) is 3.95. The highest BCUT2D eigenvalue weighted by Crippen LogP contribution is 2.41. The molecular formula is C11H13ClO. The molecule has 0 aromatic heterocycles. The summed E-state index contributed by atoms with van der Waals surface area (Å²) in [6, 6.07) is 5.93. The maximum atomic E-state index is 5.88. The second-order valence-electron chi connectivity index (χ2n) is 3.51. The van der Waals surface area contributed by atoms with E-state index in [9.17, 15) is 0 Å². The number of rotatable bonds is 2. The van der Waals surface area contributed by atoms with Gasteiger partial charge in [0.1, 0.15) is 5.75 Å². The molecule has 1 saturated carbocycles. The van der Waals surface area contributed by atoms with Crippen LogP contribution in [-0.4, -0.2) is 7.11 Å². The Morgan fingerprint density at radius 3 is 2.69 bits per heavy atom. The van der Waals surface area contributed by atoms with Crippen LogP contribution in [0.5, 0.6) is 5.75 Å². The zero-order valence-electron chi connectivity index (χ0n) is 7.72. The van der Waals surface area contributed by atoms with Crippen molar-refractivity contribution in [3.8, 4) is 5.75 Å². The van der Waals surface area contributed by atoms with Gasteiger partial charge >= 0.3 is 0 Å². The highest BCUT2D eigenvalue weighted by atomic mass is 35.5. The first kappa shape index (κ1) is 8.89. The predicted octanol–water partition coefficient (Wildman–Crippen LogP) is 3.62. The molecule has 1 aliphatic carbocycles. The van der Waals surface area contributed by atoms with Crippen LogP contribution in [0.25, 0.3) is 0 Å². The van der Waals surface area contributed by atoms with E-state index in [0.717, 1.165) is 10.8 Å². The fraction of sp³-hybridized carbons (Fsp3) is 0.455. The number of benzene rings is 1. The summed E-state index contributed by atoms with van der Waals surface area (Å²) in [5, 5.41) is 0.750. The number of hydrogen-bond acceptors (Lipinski definition) is 1. The lowest BCUT2D eigenvalue weighted by molar-refractivity contribution is 0.373. The van der Waals surface area contributed by atoms with Crippen molar-refractivity contribution in [2.45, 2.75) is 25.2 Å². The Balaban J connectivity index is 2.32. The lowest BCUT2D eigenvalue weighted by Crippen LogP contribution is -2.09. The fourth-order valence-corrected chi connectivity index (χ4v) is 1.90. The van der Waals surface area contributed by atoms with Gasteiger partial charge in [0, 0.05) is 5.02 Å². The van der Waals surface area contributed by atoms with Crippen molar-refractivity contribution < 1.29 is 4.74 Å². The molecule has 2 heteroatoms.